The molecule has 1 N–H and O–H groups in total. The first-order chi connectivity index (χ1) is 11.1. The van der Waals surface area contributed by atoms with E-state index in [9.17, 15) is 14.7 Å². The molecule has 0 radical (unpaired) electrons. The van der Waals surface area contributed by atoms with Crippen molar-refractivity contribution in [2.75, 3.05) is 0 Å². The molecule has 5 rings (SSSR count). The van der Waals surface area contributed by atoms with Crippen LogP contribution in [0.4, 0.5) is 0 Å². The van der Waals surface area contributed by atoms with Crippen molar-refractivity contribution in [1.82, 2.24) is 0 Å². The molecule has 4 heteroatoms. The van der Waals surface area contributed by atoms with Gasteiger partial charge < -0.3 is 9.84 Å². The van der Waals surface area contributed by atoms with Gasteiger partial charge in [-0.15, -0.1) is 0 Å². The van der Waals surface area contributed by atoms with Gasteiger partial charge in [-0.3, -0.25) is 9.59 Å². The van der Waals surface area contributed by atoms with Crippen molar-refractivity contribution in [3.63, 3.8) is 0 Å². The number of hydrogen-bond donors (Lipinski definition) is 1. The van der Waals surface area contributed by atoms with Gasteiger partial charge in [0, 0.05) is 11.3 Å². The predicted molar refractivity (Wildman–Crippen MR) is 87.1 cm³/mol. The number of ketones is 2. The Hall–Kier alpha value is -1.00. The minimum atomic E-state index is -0.814. The van der Waals surface area contributed by atoms with Crippen LogP contribution in [0.25, 0.3) is 0 Å². The van der Waals surface area contributed by atoms with Gasteiger partial charge in [-0.25, -0.2) is 0 Å². The molecule has 0 aromatic rings. The Morgan fingerprint density at radius 3 is 2.54 bits per heavy atom. The van der Waals surface area contributed by atoms with Crippen LogP contribution in [0.2, 0.25) is 0 Å². The molecule has 0 amide bonds. The van der Waals surface area contributed by atoms with Crippen LogP contribution >= 0.6 is 0 Å². The number of epoxide rings is 1. The SMILES string of the molecule is C=C1[C@@H](O)[C@H]2O[C@@]23[C@@H]1C[C@]12CC[C@H](C(C)C)[C@@]1(C)C(=O)C(=O)[C@]32C. The Morgan fingerprint density at radius 1 is 1.25 bits per heavy atom. The molecule has 5 fully saturated rings. The molecule has 0 bridgehead atoms. The summed E-state index contributed by atoms with van der Waals surface area (Å²) in [6, 6.07) is 0. The second-order valence-electron chi connectivity index (χ2n) is 9.56. The predicted octanol–water partition coefficient (Wildman–Crippen LogP) is 2.29. The van der Waals surface area contributed by atoms with Crippen LogP contribution in [-0.4, -0.2) is 34.5 Å². The third-order valence-corrected chi connectivity index (χ3v) is 9.17. The molecule has 4 aliphatic carbocycles. The van der Waals surface area contributed by atoms with Gasteiger partial charge in [-0.1, -0.05) is 27.4 Å². The lowest BCUT2D eigenvalue weighted by Crippen LogP contribution is -2.48. The molecule has 24 heavy (non-hydrogen) atoms. The Balaban J connectivity index is 1.76. The smallest absolute Gasteiger partial charge is 0.208 e. The van der Waals surface area contributed by atoms with Gasteiger partial charge in [0.2, 0.25) is 11.6 Å². The average Bonchev–Trinajstić information content (AvgIpc) is 3.05. The Labute approximate surface area is 142 Å². The number of Topliss-reactive ketones (excluding diaryl/α,β-unsaturated/α-hetero) is 2. The highest BCUT2D eigenvalue weighted by molar-refractivity contribution is 6.44. The molecular formula is C20H26O4. The summed E-state index contributed by atoms with van der Waals surface area (Å²) in [5, 5.41) is 10.4. The van der Waals surface area contributed by atoms with Crippen LogP contribution in [0.3, 0.4) is 0 Å². The zero-order valence-corrected chi connectivity index (χ0v) is 14.9. The largest absolute Gasteiger partial charge is 0.386 e. The minimum Gasteiger partial charge on any atom is -0.386 e. The van der Waals surface area contributed by atoms with Gasteiger partial charge in [0.05, 0.1) is 5.41 Å². The lowest BCUT2D eigenvalue weighted by molar-refractivity contribution is -0.143. The van der Waals surface area contributed by atoms with Crippen LogP contribution in [-0.2, 0) is 14.3 Å². The molecule has 1 saturated heterocycles. The number of carbonyl (C=O) groups is 2. The fourth-order valence-corrected chi connectivity index (χ4v) is 8.02. The summed E-state index contributed by atoms with van der Waals surface area (Å²) < 4.78 is 6.04. The van der Waals surface area contributed by atoms with E-state index in [1.165, 1.54) is 0 Å². The summed E-state index contributed by atoms with van der Waals surface area (Å²) in [5.74, 6) is 0.180. The zero-order valence-electron chi connectivity index (χ0n) is 14.9. The van der Waals surface area contributed by atoms with Crippen LogP contribution in [0.15, 0.2) is 12.2 Å². The molecular weight excluding hydrogens is 304 g/mol. The maximum Gasteiger partial charge on any atom is 0.208 e. The van der Waals surface area contributed by atoms with E-state index in [0.29, 0.717) is 5.92 Å². The first-order valence-electron chi connectivity index (χ1n) is 9.25. The van der Waals surface area contributed by atoms with Crippen molar-refractivity contribution in [1.29, 1.82) is 0 Å². The average molecular weight is 330 g/mol. The van der Waals surface area contributed by atoms with E-state index >= 15 is 0 Å². The van der Waals surface area contributed by atoms with Crippen molar-refractivity contribution < 1.29 is 19.4 Å². The van der Waals surface area contributed by atoms with Crippen molar-refractivity contribution in [2.24, 2.45) is 34.0 Å². The first-order valence-corrected chi connectivity index (χ1v) is 9.25. The van der Waals surface area contributed by atoms with Crippen molar-refractivity contribution in [3.8, 4) is 0 Å². The Morgan fingerprint density at radius 2 is 1.92 bits per heavy atom. The van der Waals surface area contributed by atoms with Gasteiger partial charge in [0.25, 0.3) is 0 Å². The highest BCUT2D eigenvalue weighted by atomic mass is 16.6. The number of rotatable bonds is 1. The summed E-state index contributed by atoms with van der Waals surface area (Å²) in [7, 11) is 0. The first kappa shape index (κ1) is 15.3. The molecule has 8 atom stereocenters. The molecule has 1 aliphatic heterocycles. The molecule has 4 saturated carbocycles. The minimum absolute atomic E-state index is 0.00443. The summed E-state index contributed by atoms with van der Waals surface area (Å²) in [6.07, 6.45) is 1.61. The van der Waals surface area contributed by atoms with Gasteiger partial charge in [0.15, 0.2) is 0 Å². The highest BCUT2D eigenvalue weighted by Gasteiger charge is 2.94. The second-order valence-corrected chi connectivity index (χ2v) is 9.56. The van der Waals surface area contributed by atoms with Crippen LogP contribution in [0.1, 0.15) is 47.0 Å². The number of aliphatic hydroxyl groups excluding tert-OH is 1. The molecule has 130 valence electrons. The summed E-state index contributed by atoms with van der Waals surface area (Å²) in [6.45, 7) is 12.5. The number of carbonyl (C=O) groups excluding carboxylic acids is 2. The van der Waals surface area contributed by atoms with Crippen molar-refractivity contribution in [2.45, 2.75) is 64.8 Å². The monoisotopic (exact) mass is 330 g/mol. The van der Waals surface area contributed by atoms with Crippen LogP contribution in [0, 0.1) is 34.0 Å². The van der Waals surface area contributed by atoms with E-state index in [4.69, 9.17) is 4.74 Å². The molecule has 0 unspecified atom stereocenters. The summed E-state index contributed by atoms with van der Waals surface area (Å²) in [4.78, 5) is 26.6. The fraction of sp³-hybridized carbons (Fsp3) is 0.800. The van der Waals surface area contributed by atoms with Crippen LogP contribution < -0.4 is 0 Å². The van der Waals surface area contributed by atoms with Gasteiger partial charge in [-0.05, 0) is 49.0 Å². The van der Waals surface area contributed by atoms with Crippen LogP contribution in [0.5, 0.6) is 0 Å². The third-order valence-electron chi connectivity index (χ3n) is 9.17. The van der Waals surface area contributed by atoms with Crippen molar-refractivity contribution >= 4 is 11.6 Å². The van der Waals surface area contributed by atoms with E-state index in [2.05, 4.69) is 20.4 Å². The maximum absolute atomic E-state index is 13.3. The Bertz CT molecular complexity index is 725. The summed E-state index contributed by atoms with van der Waals surface area (Å²) in [5.41, 5.74) is -1.63. The lowest BCUT2D eigenvalue weighted by Gasteiger charge is -2.44. The quantitative estimate of drug-likeness (QED) is 0.455. The second kappa shape index (κ2) is 3.73. The molecule has 0 aromatic carbocycles. The highest BCUT2D eigenvalue weighted by Crippen LogP contribution is 2.86. The molecule has 4 nitrogen and oxygen atoms in total. The van der Waals surface area contributed by atoms with Gasteiger partial charge in [-0.2, -0.15) is 0 Å². The van der Waals surface area contributed by atoms with E-state index in [0.717, 1.165) is 24.8 Å². The maximum atomic E-state index is 13.3. The Kier molecular flexibility index (Phi) is 2.37. The van der Waals surface area contributed by atoms with E-state index in [1.807, 2.05) is 13.8 Å². The lowest BCUT2D eigenvalue weighted by atomic mass is 9.56. The summed E-state index contributed by atoms with van der Waals surface area (Å²) >= 11 is 0. The normalized spacial score (nSPS) is 60.5. The molecule has 2 spiro atoms. The molecule has 1 heterocycles. The number of ether oxygens (including phenoxy) is 1. The van der Waals surface area contributed by atoms with Gasteiger partial charge >= 0.3 is 0 Å². The molecule has 5 aliphatic rings. The topological polar surface area (TPSA) is 66.9 Å². The zero-order chi connectivity index (χ0) is 17.4. The van der Waals surface area contributed by atoms with Crippen molar-refractivity contribution in [3.05, 3.63) is 12.2 Å². The number of aliphatic hydroxyl groups is 1. The third kappa shape index (κ3) is 1.04. The standard InChI is InChI=1S/C20H26O4/c1-9(2)11-6-7-19-8-12-10(3)13(21)16-20(12,24-16)18(19,5)15(23)14(22)17(11,19)4/h9,11-13,16,21H,3,6-8H2,1-2,4-5H3/t11-,12-,13-,16-,17+,18+,19-,20+/m1/s1. The number of hydrogen-bond acceptors (Lipinski definition) is 4. The van der Waals surface area contributed by atoms with E-state index in [1.54, 1.807) is 0 Å². The van der Waals surface area contributed by atoms with E-state index in [-0.39, 0.29) is 34.9 Å². The fourth-order valence-electron chi connectivity index (χ4n) is 8.02. The molecule has 0 aromatic heterocycles. The van der Waals surface area contributed by atoms with E-state index < -0.39 is 22.5 Å². The van der Waals surface area contributed by atoms with Gasteiger partial charge in [0.1, 0.15) is 17.8 Å².